The molecule has 19 heavy (non-hydrogen) atoms. The molecule has 1 heterocycles. The van der Waals surface area contributed by atoms with Crippen LogP contribution in [0.25, 0.3) is 0 Å². The van der Waals surface area contributed by atoms with E-state index < -0.39 is 17.4 Å². The lowest BCUT2D eigenvalue weighted by Crippen LogP contribution is -2.36. The van der Waals surface area contributed by atoms with E-state index in [0.717, 1.165) is 0 Å². The van der Waals surface area contributed by atoms with Gasteiger partial charge in [-0.2, -0.15) is 0 Å². The predicted octanol–water partition coefficient (Wildman–Crippen LogP) is -0.0424. The van der Waals surface area contributed by atoms with E-state index in [4.69, 9.17) is 5.73 Å². The monoisotopic (exact) mass is 270 g/mol. The van der Waals surface area contributed by atoms with E-state index in [1.165, 1.54) is 4.57 Å². The van der Waals surface area contributed by atoms with Gasteiger partial charge in [0, 0.05) is 13.1 Å². The molecule has 5 N–H and O–H groups in total. The maximum atomic E-state index is 11.7. The highest BCUT2D eigenvalue weighted by molar-refractivity contribution is 5.60. The van der Waals surface area contributed by atoms with E-state index >= 15 is 0 Å². The Kier molecular flexibility index (Phi) is 5.17. The van der Waals surface area contributed by atoms with Gasteiger partial charge in [-0.3, -0.25) is 14.3 Å². The molecule has 1 aromatic heterocycles. The molecule has 0 saturated heterocycles. The third-order valence-corrected chi connectivity index (χ3v) is 2.77. The van der Waals surface area contributed by atoms with Crippen molar-refractivity contribution in [3.63, 3.8) is 0 Å². The van der Waals surface area contributed by atoms with Crippen molar-refractivity contribution in [2.75, 3.05) is 17.6 Å². The van der Waals surface area contributed by atoms with Crippen LogP contribution < -0.4 is 22.3 Å². The molecule has 0 saturated carbocycles. The second-order valence-corrected chi connectivity index (χ2v) is 4.97. The minimum absolute atomic E-state index is 0.103. The van der Waals surface area contributed by atoms with Crippen molar-refractivity contribution < 1.29 is 5.11 Å². The molecule has 1 rings (SSSR count). The molecule has 0 aliphatic carbocycles. The van der Waals surface area contributed by atoms with Gasteiger partial charge in [0.1, 0.15) is 11.5 Å². The molecule has 0 radical (unpaired) electrons. The number of rotatable bonds is 6. The quantitative estimate of drug-likeness (QED) is 0.579. The smallest absolute Gasteiger partial charge is 0.330 e. The number of nitrogens with two attached hydrogens (primary N) is 1. The Morgan fingerprint density at radius 3 is 2.58 bits per heavy atom. The van der Waals surface area contributed by atoms with Crippen LogP contribution in [0.3, 0.4) is 0 Å². The molecule has 7 heteroatoms. The Morgan fingerprint density at radius 2 is 2.05 bits per heavy atom. The van der Waals surface area contributed by atoms with Gasteiger partial charge in [-0.15, -0.1) is 0 Å². The first kappa shape index (κ1) is 15.3. The SMILES string of the molecule is CCC(O)CNc1c(N)n(CC(C)C)c(=O)[nH]c1=O. The van der Waals surface area contributed by atoms with Gasteiger partial charge < -0.3 is 16.2 Å². The van der Waals surface area contributed by atoms with Crippen molar-refractivity contribution >= 4 is 11.5 Å². The van der Waals surface area contributed by atoms with Crippen LogP contribution in [0.1, 0.15) is 27.2 Å². The normalized spacial score (nSPS) is 12.7. The number of anilines is 2. The molecule has 7 nitrogen and oxygen atoms in total. The molecule has 1 unspecified atom stereocenters. The molecule has 0 aliphatic heterocycles. The highest BCUT2D eigenvalue weighted by Crippen LogP contribution is 2.12. The Labute approximate surface area is 111 Å². The van der Waals surface area contributed by atoms with Crippen LogP contribution in [0, 0.1) is 5.92 Å². The predicted molar refractivity (Wildman–Crippen MR) is 75.4 cm³/mol. The lowest BCUT2D eigenvalue weighted by Gasteiger charge is -2.16. The van der Waals surface area contributed by atoms with Crippen molar-refractivity contribution in [1.29, 1.82) is 0 Å². The number of nitrogens with zero attached hydrogens (tertiary/aromatic N) is 1. The largest absolute Gasteiger partial charge is 0.391 e. The molecule has 0 aromatic carbocycles. The van der Waals surface area contributed by atoms with Gasteiger partial charge in [-0.1, -0.05) is 20.8 Å². The van der Waals surface area contributed by atoms with Crippen LogP contribution in [0.15, 0.2) is 9.59 Å². The molecule has 0 aliphatic rings. The van der Waals surface area contributed by atoms with Crippen molar-refractivity contribution in [1.82, 2.24) is 9.55 Å². The van der Waals surface area contributed by atoms with Gasteiger partial charge >= 0.3 is 5.69 Å². The maximum Gasteiger partial charge on any atom is 0.330 e. The molecule has 1 atom stereocenters. The molecular weight excluding hydrogens is 248 g/mol. The van der Waals surface area contributed by atoms with Crippen molar-refractivity contribution in [3.05, 3.63) is 20.8 Å². The number of hydrogen-bond donors (Lipinski definition) is 4. The van der Waals surface area contributed by atoms with Crippen LogP contribution in [-0.4, -0.2) is 27.3 Å². The Balaban J connectivity index is 3.10. The Morgan fingerprint density at radius 1 is 1.42 bits per heavy atom. The van der Waals surface area contributed by atoms with Gasteiger partial charge in [0.15, 0.2) is 0 Å². The Bertz CT molecular complexity index is 533. The van der Waals surface area contributed by atoms with Crippen LogP contribution >= 0.6 is 0 Å². The van der Waals surface area contributed by atoms with Crippen LogP contribution in [0.5, 0.6) is 0 Å². The molecular formula is C12H22N4O3. The minimum Gasteiger partial charge on any atom is -0.391 e. The van der Waals surface area contributed by atoms with E-state index in [2.05, 4.69) is 10.3 Å². The standard InChI is InChI=1S/C12H22N4O3/c1-4-8(17)5-14-9-10(13)16(6-7(2)3)12(19)15-11(9)18/h7-8,14,17H,4-6,13H2,1-3H3,(H,15,18,19). The third kappa shape index (κ3) is 3.85. The van der Waals surface area contributed by atoms with Gasteiger partial charge in [-0.05, 0) is 12.3 Å². The summed E-state index contributed by atoms with van der Waals surface area (Å²) in [6.07, 6.45) is 0.000431. The number of H-pyrrole nitrogens is 1. The van der Waals surface area contributed by atoms with Gasteiger partial charge in [0.05, 0.1) is 6.10 Å². The summed E-state index contributed by atoms with van der Waals surface area (Å²) in [5, 5.41) is 12.3. The number of aromatic nitrogens is 2. The molecule has 0 amide bonds. The fraction of sp³-hybridized carbons (Fsp3) is 0.667. The number of nitrogen functional groups attached to an aromatic ring is 1. The summed E-state index contributed by atoms with van der Waals surface area (Å²) in [5.41, 5.74) is 4.91. The topological polar surface area (TPSA) is 113 Å². The zero-order chi connectivity index (χ0) is 14.6. The minimum atomic E-state index is -0.565. The maximum absolute atomic E-state index is 11.7. The summed E-state index contributed by atoms with van der Waals surface area (Å²) in [7, 11) is 0. The fourth-order valence-electron chi connectivity index (χ4n) is 1.67. The molecule has 108 valence electrons. The summed E-state index contributed by atoms with van der Waals surface area (Å²) in [6.45, 7) is 6.37. The number of hydrogen-bond acceptors (Lipinski definition) is 5. The van der Waals surface area contributed by atoms with Crippen molar-refractivity contribution in [3.8, 4) is 0 Å². The summed E-state index contributed by atoms with van der Waals surface area (Å²) in [5.74, 6) is 0.325. The summed E-state index contributed by atoms with van der Waals surface area (Å²) in [4.78, 5) is 25.6. The van der Waals surface area contributed by atoms with E-state index in [9.17, 15) is 14.7 Å². The highest BCUT2D eigenvalue weighted by Gasteiger charge is 2.13. The second-order valence-electron chi connectivity index (χ2n) is 4.97. The van der Waals surface area contributed by atoms with E-state index in [-0.39, 0.29) is 24.0 Å². The molecule has 0 spiro atoms. The fourth-order valence-corrected chi connectivity index (χ4v) is 1.67. The lowest BCUT2D eigenvalue weighted by atomic mass is 10.2. The van der Waals surface area contributed by atoms with Gasteiger partial charge in [0.25, 0.3) is 5.56 Å². The number of aromatic amines is 1. The molecule has 0 bridgehead atoms. The van der Waals surface area contributed by atoms with E-state index in [0.29, 0.717) is 13.0 Å². The van der Waals surface area contributed by atoms with Crippen LogP contribution in [-0.2, 0) is 6.54 Å². The van der Waals surface area contributed by atoms with E-state index in [1.54, 1.807) is 0 Å². The lowest BCUT2D eigenvalue weighted by molar-refractivity contribution is 0.183. The number of aliphatic hydroxyl groups is 1. The highest BCUT2D eigenvalue weighted by atomic mass is 16.3. The van der Waals surface area contributed by atoms with E-state index in [1.807, 2.05) is 20.8 Å². The first-order valence-corrected chi connectivity index (χ1v) is 6.41. The zero-order valence-corrected chi connectivity index (χ0v) is 11.6. The summed E-state index contributed by atoms with van der Waals surface area (Å²) < 4.78 is 1.33. The zero-order valence-electron chi connectivity index (χ0n) is 11.6. The molecule has 0 fully saturated rings. The van der Waals surface area contributed by atoms with Gasteiger partial charge in [-0.25, -0.2) is 4.79 Å². The first-order valence-electron chi connectivity index (χ1n) is 6.41. The second kappa shape index (κ2) is 6.42. The Hall–Kier alpha value is -1.76. The number of nitrogens with one attached hydrogen (secondary N) is 2. The average Bonchev–Trinajstić information content (AvgIpc) is 2.33. The van der Waals surface area contributed by atoms with Crippen molar-refractivity contribution in [2.45, 2.75) is 39.8 Å². The molecule has 1 aromatic rings. The summed E-state index contributed by atoms with van der Waals surface area (Å²) in [6, 6.07) is 0. The van der Waals surface area contributed by atoms with Crippen LogP contribution in [0.2, 0.25) is 0 Å². The summed E-state index contributed by atoms with van der Waals surface area (Å²) >= 11 is 0. The third-order valence-electron chi connectivity index (χ3n) is 2.77. The van der Waals surface area contributed by atoms with Crippen molar-refractivity contribution in [2.24, 2.45) is 5.92 Å². The van der Waals surface area contributed by atoms with Gasteiger partial charge in [0.2, 0.25) is 0 Å². The average molecular weight is 270 g/mol. The first-order chi connectivity index (χ1) is 8.86. The number of aliphatic hydroxyl groups excluding tert-OH is 1. The van der Waals surface area contributed by atoms with Crippen LogP contribution in [0.4, 0.5) is 11.5 Å².